The summed E-state index contributed by atoms with van der Waals surface area (Å²) in [5.74, 6) is 0. The van der Waals surface area contributed by atoms with Gasteiger partial charge in [0.1, 0.15) is 17.8 Å². The van der Waals surface area contributed by atoms with Crippen molar-refractivity contribution in [1.29, 1.82) is 0 Å². The number of aromatic nitrogens is 2. The van der Waals surface area contributed by atoms with E-state index in [2.05, 4.69) is 4.98 Å². The van der Waals surface area contributed by atoms with Gasteiger partial charge in [0.2, 0.25) is 0 Å². The highest BCUT2D eigenvalue weighted by molar-refractivity contribution is 5.14. The zero-order valence-electron chi connectivity index (χ0n) is 15.9. The van der Waals surface area contributed by atoms with Gasteiger partial charge in [-0.2, -0.15) is 0 Å². The van der Waals surface area contributed by atoms with Crippen LogP contribution in [0.15, 0.2) is 46.1 Å². The molecule has 1 unspecified atom stereocenters. The normalized spacial score (nSPS) is 29.6. The number of aromatic amines is 1. The Kier molecular flexibility index (Phi) is 5.20. The third-order valence-corrected chi connectivity index (χ3v) is 5.43. The average molecular weight is 388 g/mol. The van der Waals surface area contributed by atoms with Gasteiger partial charge in [0.15, 0.2) is 6.23 Å². The predicted molar refractivity (Wildman–Crippen MR) is 100 cm³/mol. The number of hydrogen-bond acceptors (Lipinski definition) is 6. The van der Waals surface area contributed by atoms with Crippen molar-refractivity contribution in [1.82, 2.24) is 9.55 Å². The van der Waals surface area contributed by atoms with E-state index in [1.54, 1.807) is 14.0 Å². The number of rotatable bonds is 5. The molecule has 8 heteroatoms. The number of hydrogen-bond donors (Lipinski definition) is 1. The van der Waals surface area contributed by atoms with Crippen molar-refractivity contribution < 1.29 is 18.9 Å². The topological polar surface area (TPSA) is 91.8 Å². The molecular formula is C20H24N2O6. The number of H-pyrrole nitrogens is 1. The van der Waals surface area contributed by atoms with E-state index >= 15 is 0 Å². The molecule has 2 fully saturated rings. The van der Waals surface area contributed by atoms with Gasteiger partial charge in [-0.1, -0.05) is 30.3 Å². The Morgan fingerprint density at radius 2 is 2.07 bits per heavy atom. The zero-order chi connectivity index (χ0) is 19.7. The monoisotopic (exact) mass is 388 g/mol. The van der Waals surface area contributed by atoms with Crippen molar-refractivity contribution in [3.05, 3.63) is 68.5 Å². The Hall–Kier alpha value is -2.26. The molecule has 8 nitrogen and oxygen atoms in total. The molecule has 0 aliphatic carbocycles. The molecular weight excluding hydrogens is 364 g/mol. The van der Waals surface area contributed by atoms with Crippen molar-refractivity contribution in [3.8, 4) is 0 Å². The Labute approximate surface area is 162 Å². The van der Waals surface area contributed by atoms with E-state index in [1.165, 1.54) is 10.8 Å². The molecule has 4 atom stereocenters. The van der Waals surface area contributed by atoms with Crippen LogP contribution in [0.5, 0.6) is 0 Å². The van der Waals surface area contributed by atoms with Crippen LogP contribution >= 0.6 is 0 Å². The summed E-state index contributed by atoms with van der Waals surface area (Å²) in [4.78, 5) is 26.5. The summed E-state index contributed by atoms with van der Waals surface area (Å²) in [6.07, 6.45) is 0.453. The minimum Gasteiger partial charge on any atom is -0.378 e. The molecule has 0 saturated carbocycles. The number of nitrogens with zero attached hydrogens (tertiary/aromatic N) is 1. The molecule has 28 heavy (non-hydrogen) atoms. The number of methoxy groups -OCH3 is 1. The van der Waals surface area contributed by atoms with Gasteiger partial charge in [-0.15, -0.1) is 0 Å². The lowest BCUT2D eigenvalue weighted by atomic mass is 9.94. The van der Waals surface area contributed by atoms with Crippen LogP contribution in [0.2, 0.25) is 0 Å². The van der Waals surface area contributed by atoms with Crippen LogP contribution in [-0.4, -0.2) is 47.7 Å². The van der Waals surface area contributed by atoms with Gasteiger partial charge >= 0.3 is 5.69 Å². The first kappa shape index (κ1) is 19.1. The van der Waals surface area contributed by atoms with E-state index in [9.17, 15) is 9.59 Å². The van der Waals surface area contributed by atoms with Gasteiger partial charge in [0, 0.05) is 31.9 Å². The van der Waals surface area contributed by atoms with Crippen molar-refractivity contribution >= 4 is 0 Å². The number of benzene rings is 1. The van der Waals surface area contributed by atoms with Gasteiger partial charge in [-0.25, -0.2) is 4.79 Å². The van der Waals surface area contributed by atoms with Crippen LogP contribution in [0, 0.1) is 6.92 Å². The van der Waals surface area contributed by atoms with Crippen LogP contribution in [0.25, 0.3) is 0 Å². The van der Waals surface area contributed by atoms with Crippen molar-refractivity contribution in [2.75, 3.05) is 20.3 Å². The second-order valence-electron chi connectivity index (χ2n) is 7.27. The summed E-state index contributed by atoms with van der Waals surface area (Å²) in [7, 11) is 1.57. The molecule has 1 aromatic heterocycles. The molecule has 0 amide bonds. The summed E-state index contributed by atoms with van der Waals surface area (Å²) in [5.41, 5.74) is -0.205. The smallest absolute Gasteiger partial charge is 0.330 e. The third kappa shape index (κ3) is 3.33. The third-order valence-electron chi connectivity index (χ3n) is 5.43. The van der Waals surface area contributed by atoms with Crippen LogP contribution in [0.1, 0.15) is 23.8 Å². The van der Waals surface area contributed by atoms with Crippen LogP contribution in [0.4, 0.5) is 0 Å². The highest BCUT2D eigenvalue weighted by atomic mass is 16.6. The van der Waals surface area contributed by atoms with Gasteiger partial charge in [-0.05, 0) is 12.5 Å². The Morgan fingerprint density at radius 3 is 2.75 bits per heavy atom. The largest absolute Gasteiger partial charge is 0.378 e. The van der Waals surface area contributed by atoms with Crippen LogP contribution in [0.3, 0.4) is 0 Å². The van der Waals surface area contributed by atoms with E-state index in [-0.39, 0.29) is 0 Å². The number of aryl methyl sites for hydroxylation is 1. The lowest BCUT2D eigenvalue weighted by Crippen LogP contribution is -2.46. The van der Waals surface area contributed by atoms with Gasteiger partial charge in [0.05, 0.1) is 13.2 Å². The summed E-state index contributed by atoms with van der Waals surface area (Å²) in [6, 6.07) is 9.84. The summed E-state index contributed by atoms with van der Waals surface area (Å²) in [6.45, 7) is 2.94. The molecule has 4 rings (SSSR count). The maximum Gasteiger partial charge on any atom is 0.330 e. The quantitative estimate of drug-likeness (QED) is 0.826. The van der Waals surface area contributed by atoms with E-state index in [1.807, 2.05) is 30.3 Å². The fourth-order valence-electron chi connectivity index (χ4n) is 3.94. The lowest BCUT2D eigenvalue weighted by molar-refractivity contribution is -0.121. The fourth-order valence-corrected chi connectivity index (χ4v) is 3.94. The average Bonchev–Trinajstić information content (AvgIpc) is 3.29. The highest BCUT2D eigenvalue weighted by Gasteiger charge is 2.59. The molecule has 1 spiro atoms. The van der Waals surface area contributed by atoms with Crippen molar-refractivity contribution in [2.24, 2.45) is 0 Å². The second-order valence-corrected chi connectivity index (χ2v) is 7.27. The maximum atomic E-state index is 12.4. The Balaban J connectivity index is 1.67. The molecule has 0 radical (unpaired) electrons. The minimum atomic E-state index is -0.726. The van der Waals surface area contributed by atoms with Crippen molar-refractivity contribution in [3.63, 3.8) is 0 Å². The van der Waals surface area contributed by atoms with Crippen molar-refractivity contribution in [2.45, 2.75) is 44.0 Å². The van der Waals surface area contributed by atoms with Gasteiger partial charge in [0.25, 0.3) is 5.56 Å². The van der Waals surface area contributed by atoms with Crippen LogP contribution < -0.4 is 11.2 Å². The number of ether oxygens (including phenoxy) is 4. The second kappa shape index (κ2) is 7.63. The molecule has 1 N–H and O–H groups in total. The molecule has 2 aliphatic rings. The summed E-state index contributed by atoms with van der Waals surface area (Å²) >= 11 is 0. The van der Waals surface area contributed by atoms with E-state index in [4.69, 9.17) is 18.9 Å². The molecule has 3 heterocycles. The Morgan fingerprint density at radius 1 is 1.29 bits per heavy atom. The predicted octanol–water partition coefficient (Wildman–Crippen LogP) is 1.13. The molecule has 1 aromatic carbocycles. The number of nitrogens with one attached hydrogen (secondary N) is 1. The zero-order valence-corrected chi connectivity index (χ0v) is 15.9. The first-order chi connectivity index (χ1) is 13.5. The molecule has 2 aliphatic heterocycles. The SMILES string of the molecule is CO[C@H]1C(OCc2ccccc2)[C@@]2(CCOC2)O[C@H]1n1cc(C)c(=O)[nH]c1=O. The van der Waals surface area contributed by atoms with E-state index in [0.717, 1.165) is 5.56 Å². The standard InChI is InChI=1S/C20H24N2O6/c1-13-10-22(19(24)21-17(13)23)18-15(25-2)16(20(28-18)8-9-26-12-20)27-11-14-6-4-3-5-7-14/h3-7,10,15-16,18H,8-9,11-12H2,1-2H3,(H,21,23,24)/t15-,16?,18+,20-/m0/s1. The van der Waals surface area contributed by atoms with E-state index < -0.39 is 35.3 Å². The van der Waals surface area contributed by atoms with Crippen LogP contribution in [-0.2, 0) is 25.6 Å². The molecule has 0 bridgehead atoms. The highest BCUT2D eigenvalue weighted by Crippen LogP contribution is 2.44. The molecule has 2 aromatic rings. The summed E-state index contributed by atoms with van der Waals surface area (Å²) < 4.78 is 25.3. The lowest BCUT2D eigenvalue weighted by Gasteiger charge is -2.29. The van der Waals surface area contributed by atoms with E-state index in [0.29, 0.717) is 31.8 Å². The first-order valence-electron chi connectivity index (χ1n) is 9.30. The van der Waals surface area contributed by atoms with Gasteiger partial charge in [-0.3, -0.25) is 14.3 Å². The fraction of sp³-hybridized carbons (Fsp3) is 0.500. The first-order valence-corrected chi connectivity index (χ1v) is 9.30. The summed E-state index contributed by atoms with van der Waals surface area (Å²) in [5, 5.41) is 0. The molecule has 2 saturated heterocycles. The molecule has 150 valence electrons. The Bertz CT molecular complexity index is 932. The minimum absolute atomic E-state index is 0.361. The van der Waals surface area contributed by atoms with Gasteiger partial charge < -0.3 is 18.9 Å². The maximum absolute atomic E-state index is 12.4.